The largest absolute Gasteiger partial charge is 0.457 e. The van der Waals surface area contributed by atoms with E-state index in [-0.39, 0.29) is 0 Å². The van der Waals surface area contributed by atoms with Crippen LogP contribution in [0.15, 0.2) is 54.6 Å². The number of hydrogen-bond acceptors (Lipinski definition) is 2. The Morgan fingerprint density at radius 2 is 1.53 bits per heavy atom. The summed E-state index contributed by atoms with van der Waals surface area (Å²) < 4.78 is 5.69. The molecule has 2 rings (SSSR count). The Hall–Kier alpha value is -1.51. The molecule has 0 atom stereocenters. The molecule has 0 fully saturated rings. The average molecular weight is 248 g/mol. The molecule has 1 N–H and O–H groups in total. The number of halogens is 1. The number of rotatable bonds is 5. The summed E-state index contributed by atoms with van der Waals surface area (Å²) >= 11 is 5.55. The molecule has 2 nitrogen and oxygen atoms in total. The van der Waals surface area contributed by atoms with E-state index in [4.69, 9.17) is 16.3 Å². The van der Waals surface area contributed by atoms with Gasteiger partial charge in [-0.15, -0.1) is 11.6 Å². The van der Waals surface area contributed by atoms with Gasteiger partial charge in [0, 0.05) is 6.54 Å². The Morgan fingerprint density at radius 1 is 0.882 bits per heavy atom. The summed E-state index contributed by atoms with van der Waals surface area (Å²) in [5.41, 5.74) is 1.19. The van der Waals surface area contributed by atoms with Gasteiger partial charge in [-0.3, -0.25) is 5.32 Å². The molecule has 3 heteroatoms. The normalized spacial score (nSPS) is 10.2. The third-order valence-corrected chi connectivity index (χ3v) is 2.51. The van der Waals surface area contributed by atoms with Crippen LogP contribution in [0, 0.1) is 0 Å². The number of benzene rings is 2. The second-order valence-electron chi connectivity index (χ2n) is 3.62. The van der Waals surface area contributed by atoms with Gasteiger partial charge < -0.3 is 4.74 Å². The molecule has 0 saturated heterocycles. The minimum atomic E-state index is 0.461. The monoisotopic (exact) mass is 247 g/mol. The number of hydrogen-bond donors (Lipinski definition) is 1. The fourth-order valence-electron chi connectivity index (χ4n) is 1.49. The summed E-state index contributed by atoms with van der Waals surface area (Å²) in [6.07, 6.45) is 0. The molecule has 2 aromatic rings. The van der Waals surface area contributed by atoms with E-state index in [1.807, 2.05) is 54.6 Å². The lowest BCUT2D eigenvalue weighted by atomic mass is 10.2. The van der Waals surface area contributed by atoms with Gasteiger partial charge in [0.25, 0.3) is 0 Å². The summed E-state index contributed by atoms with van der Waals surface area (Å²) in [6, 6.07) is 18.2. The minimum Gasteiger partial charge on any atom is -0.457 e. The van der Waals surface area contributed by atoms with Gasteiger partial charge >= 0.3 is 0 Å². The van der Waals surface area contributed by atoms with E-state index in [0.29, 0.717) is 6.00 Å². The first-order valence-corrected chi connectivity index (χ1v) is 6.00. The third-order valence-electron chi connectivity index (χ3n) is 2.33. The van der Waals surface area contributed by atoms with Crippen molar-refractivity contribution in [2.45, 2.75) is 6.54 Å². The average Bonchev–Trinajstić information content (AvgIpc) is 2.39. The fourth-order valence-corrected chi connectivity index (χ4v) is 1.59. The number of alkyl halides is 1. The predicted molar refractivity (Wildman–Crippen MR) is 70.5 cm³/mol. The second-order valence-corrected chi connectivity index (χ2v) is 3.89. The molecule has 0 aliphatic carbocycles. The minimum absolute atomic E-state index is 0.461. The lowest BCUT2D eigenvalue weighted by Gasteiger charge is -2.06. The Balaban J connectivity index is 1.98. The summed E-state index contributed by atoms with van der Waals surface area (Å²) in [5.74, 6) is 1.69. The Kier molecular flexibility index (Phi) is 4.42. The van der Waals surface area contributed by atoms with E-state index in [2.05, 4.69) is 5.32 Å². The Morgan fingerprint density at radius 3 is 2.18 bits per heavy atom. The van der Waals surface area contributed by atoms with Gasteiger partial charge in [0.15, 0.2) is 0 Å². The zero-order valence-corrected chi connectivity index (χ0v) is 10.2. The number of ether oxygens (including phenoxy) is 1. The van der Waals surface area contributed by atoms with Crippen LogP contribution < -0.4 is 10.1 Å². The molecule has 0 unspecified atom stereocenters. The van der Waals surface area contributed by atoms with E-state index in [1.54, 1.807) is 0 Å². The molecule has 0 saturated carbocycles. The summed E-state index contributed by atoms with van der Waals surface area (Å²) in [4.78, 5) is 0. The second kappa shape index (κ2) is 6.28. The van der Waals surface area contributed by atoms with Gasteiger partial charge in [-0.05, 0) is 29.8 Å². The van der Waals surface area contributed by atoms with Gasteiger partial charge in [0.2, 0.25) is 0 Å². The maximum Gasteiger partial charge on any atom is 0.127 e. The Labute approximate surface area is 106 Å². The molecule has 88 valence electrons. The molecule has 0 amide bonds. The first-order valence-electron chi connectivity index (χ1n) is 5.47. The molecular formula is C14H14ClNO. The van der Waals surface area contributed by atoms with Crippen LogP contribution in [0.25, 0.3) is 0 Å². The van der Waals surface area contributed by atoms with Crippen LogP contribution in [-0.2, 0) is 6.54 Å². The highest BCUT2D eigenvalue weighted by molar-refractivity contribution is 6.17. The van der Waals surface area contributed by atoms with Gasteiger partial charge in [-0.1, -0.05) is 30.3 Å². The van der Waals surface area contributed by atoms with Gasteiger partial charge in [0.05, 0.1) is 6.00 Å². The van der Waals surface area contributed by atoms with E-state index < -0.39 is 0 Å². The van der Waals surface area contributed by atoms with E-state index in [9.17, 15) is 0 Å². The Bertz CT molecular complexity index is 442. The van der Waals surface area contributed by atoms with Gasteiger partial charge in [-0.25, -0.2) is 0 Å². The quantitative estimate of drug-likeness (QED) is 0.642. The van der Waals surface area contributed by atoms with Crippen LogP contribution in [-0.4, -0.2) is 6.00 Å². The van der Waals surface area contributed by atoms with Gasteiger partial charge in [0.1, 0.15) is 11.5 Å². The van der Waals surface area contributed by atoms with Crippen molar-refractivity contribution in [3.05, 3.63) is 60.2 Å². The molecule has 2 aromatic carbocycles. The van der Waals surface area contributed by atoms with Crippen molar-refractivity contribution < 1.29 is 4.74 Å². The van der Waals surface area contributed by atoms with Crippen molar-refractivity contribution in [1.29, 1.82) is 0 Å². The highest BCUT2D eigenvalue weighted by atomic mass is 35.5. The van der Waals surface area contributed by atoms with Gasteiger partial charge in [-0.2, -0.15) is 0 Å². The number of nitrogens with one attached hydrogen (secondary N) is 1. The lowest BCUT2D eigenvalue weighted by molar-refractivity contribution is 0.482. The predicted octanol–water partition coefficient (Wildman–Crippen LogP) is 3.76. The van der Waals surface area contributed by atoms with Crippen LogP contribution in [0.1, 0.15) is 5.56 Å². The standard InChI is InChI=1S/C14H14ClNO/c15-11-16-10-12-6-8-14(9-7-12)17-13-4-2-1-3-5-13/h1-9,16H,10-11H2. The van der Waals surface area contributed by atoms with Crippen molar-refractivity contribution in [3.8, 4) is 11.5 Å². The van der Waals surface area contributed by atoms with Crippen LogP contribution >= 0.6 is 11.6 Å². The SMILES string of the molecule is ClCNCc1ccc(Oc2ccccc2)cc1. The van der Waals surface area contributed by atoms with Crippen molar-refractivity contribution >= 4 is 11.6 Å². The highest BCUT2D eigenvalue weighted by Crippen LogP contribution is 2.20. The van der Waals surface area contributed by atoms with Crippen molar-refractivity contribution in [1.82, 2.24) is 5.32 Å². The van der Waals surface area contributed by atoms with E-state index in [1.165, 1.54) is 5.56 Å². The molecule has 0 spiro atoms. The summed E-state index contributed by atoms with van der Waals surface area (Å²) in [5, 5.41) is 3.06. The molecular weight excluding hydrogens is 234 g/mol. The first kappa shape index (κ1) is 12.0. The molecule has 0 aromatic heterocycles. The highest BCUT2D eigenvalue weighted by Gasteiger charge is 1.97. The van der Waals surface area contributed by atoms with Crippen LogP contribution in [0.2, 0.25) is 0 Å². The third kappa shape index (κ3) is 3.77. The molecule has 0 bridgehead atoms. The maximum absolute atomic E-state index is 5.69. The zero-order chi connectivity index (χ0) is 11.9. The first-order chi connectivity index (χ1) is 8.38. The van der Waals surface area contributed by atoms with Crippen LogP contribution in [0.5, 0.6) is 11.5 Å². The van der Waals surface area contributed by atoms with E-state index >= 15 is 0 Å². The lowest BCUT2D eigenvalue weighted by Crippen LogP contribution is -2.09. The van der Waals surface area contributed by atoms with Crippen LogP contribution in [0.3, 0.4) is 0 Å². The molecule has 0 radical (unpaired) electrons. The number of para-hydroxylation sites is 1. The molecule has 0 heterocycles. The molecule has 0 aliphatic heterocycles. The molecule has 0 aliphatic rings. The fraction of sp³-hybridized carbons (Fsp3) is 0.143. The maximum atomic E-state index is 5.69. The summed E-state index contributed by atoms with van der Waals surface area (Å²) in [7, 11) is 0. The van der Waals surface area contributed by atoms with Crippen molar-refractivity contribution in [3.63, 3.8) is 0 Å². The topological polar surface area (TPSA) is 21.3 Å². The summed E-state index contributed by atoms with van der Waals surface area (Å²) in [6.45, 7) is 0.773. The van der Waals surface area contributed by atoms with Crippen molar-refractivity contribution in [2.24, 2.45) is 0 Å². The van der Waals surface area contributed by atoms with Crippen LogP contribution in [0.4, 0.5) is 0 Å². The van der Waals surface area contributed by atoms with E-state index in [0.717, 1.165) is 18.0 Å². The zero-order valence-electron chi connectivity index (χ0n) is 9.40. The van der Waals surface area contributed by atoms with Crippen molar-refractivity contribution in [2.75, 3.05) is 6.00 Å². The molecule has 17 heavy (non-hydrogen) atoms. The smallest absolute Gasteiger partial charge is 0.127 e.